The van der Waals surface area contributed by atoms with Gasteiger partial charge in [-0.3, -0.25) is 0 Å². The molecule has 1 N–H and O–H groups in total. The fraction of sp³-hybridized carbons (Fsp3) is 0.375. The molecule has 0 bridgehead atoms. The van der Waals surface area contributed by atoms with E-state index in [4.69, 9.17) is 4.74 Å². The molecule has 1 heterocycles. The predicted molar refractivity (Wildman–Crippen MR) is 82.2 cm³/mol. The molecule has 1 aromatic heterocycles. The van der Waals surface area contributed by atoms with E-state index in [2.05, 4.69) is 54.0 Å². The van der Waals surface area contributed by atoms with Crippen LogP contribution in [0.3, 0.4) is 0 Å². The van der Waals surface area contributed by atoms with Crippen molar-refractivity contribution in [1.29, 1.82) is 0 Å². The highest BCUT2D eigenvalue weighted by atomic mass is 32.1. The Morgan fingerprint density at radius 2 is 2.00 bits per heavy atom. The van der Waals surface area contributed by atoms with Crippen LogP contribution >= 0.6 is 11.3 Å². The summed E-state index contributed by atoms with van der Waals surface area (Å²) in [4.78, 5) is 1.37. The van der Waals surface area contributed by atoms with Crippen LogP contribution in [0.1, 0.15) is 17.4 Å². The number of hydrogen-bond acceptors (Lipinski definition) is 3. The number of nitrogens with one attached hydrogen (secondary N) is 1. The van der Waals surface area contributed by atoms with Crippen LogP contribution in [0.15, 0.2) is 41.8 Å². The number of likely N-dealkylation sites (N-methyl/N-ethyl adjacent to an activating group) is 1. The van der Waals surface area contributed by atoms with Gasteiger partial charge in [-0.25, -0.2) is 0 Å². The molecule has 2 aromatic rings. The summed E-state index contributed by atoms with van der Waals surface area (Å²) in [6, 6.07) is 13.2. The Kier molecular flexibility index (Phi) is 5.43. The first-order valence-electron chi connectivity index (χ1n) is 6.69. The number of thiophene rings is 1. The first-order chi connectivity index (χ1) is 9.28. The van der Waals surface area contributed by atoms with Gasteiger partial charge in [0.15, 0.2) is 0 Å². The Balaban J connectivity index is 1.78. The van der Waals surface area contributed by atoms with Crippen LogP contribution in [0.4, 0.5) is 0 Å². The molecule has 3 heteroatoms. The van der Waals surface area contributed by atoms with Gasteiger partial charge in [0.1, 0.15) is 5.75 Å². The van der Waals surface area contributed by atoms with Gasteiger partial charge in [-0.1, -0.05) is 18.2 Å². The molecule has 0 amide bonds. The van der Waals surface area contributed by atoms with Crippen molar-refractivity contribution in [1.82, 2.24) is 5.32 Å². The van der Waals surface area contributed by atoms with E-state index in [1.165, 1.54) is 10.4 Å². The minimum atomic E-state index is 0.505. The molecule has 1 atom stereocenters. The van der Waals surface area contributed by atoms with E-state index >= 15 is 0 Å². The Hall–Kier alpha value is -1.32. The summed E-state index contributed by atoms with van der Waals surface area (Å²) in [6.07, 6.45) is 2.03. The summed E-state index contributed by atoms with van der Waals surface area (Å²) < 4.78 is 5.76. The highest BCUT2D eigenvalue weighted by Gasteiger charge is 2.01. The first kappa shape index (κ1) is 14.1. The minimum Gasteiger partial charge on any atom is -0.493 e. The average molecular weight is 275 g/mol. The van der Waals surface area contributed by atoms with Crippen molar-refractivity contribution in [2.75, 3.05) is 13.7 Å². The van der Waals surface area contributed by atoms with Crippen molar-refractivity contribution in [3.05, 3.63) is 52.2 Å². The molecule has 102 valence electrons. The van der Waals surface area contributed by atoms with E-state index in [1.54, 1.807) is 11.3 Å². The van der Waals surface area contributed by atoms with Crippen LogP contribution in [-0.4, -0.2) is 19.7 Å². The summed E-state index contributed by atoms with van der Waals surface area (Å²) in [5.41, 5.74) is 1.34. The average Bonchev–Trinajstić information content (AvgIpc) is 2.94. The lowest BCUT2D eigenvalue weighted by molar-refractivity contribution is 0.323. The molecule has 0 radical (unpaired) electrons. The van der Waals surface area contributed by atoms with Crippen molar-refractivity contribution >= 4 is 11.3 Å². The van der Waals surface area contributed by atoms with E-state index in [0.29, 0.717) is 6.04 Å². The van der Waals surface area contributed by atoms with Gasteiger partial charge in [-0.2, -0.15) is 0 Å². The molecule has 0 aliphatic carbocycles. The molecule has 2 rings (SSSR count). The molecule has 1 aromatic carbocycles. The van der Waals surface area contributed by atoms with E-state index in [9.17, 15) is 0 Å². The normalized spacial score (nSPS) is 12.3. The standard InChI is InChI=1S/C16H21NOS/c1-13(17-2)12-14-5-7-15(8-6-14)18-10-9-16-4-3-11-19-16/h3-8,11,13,17H,9-10,12H2,1-2H3. The largest absolute Gasteiger partial charge is 0.493 e. The zero-order valence-corrected chi connectivity index (χ0v) is 12.4. The third kappa shape index (κ3) is 4.69. The molecular weight excluding hydrogens is 254 g/mol. The zero-order chi connectivity index (χ0) is 13.5. The lowest BCUT2D eigenvalue weighted by Gasteiger charge is -2.11. The smallest absolute Gasteiger partial charge is 0.119 e. The lowest BCUT2D eigenvalue weighted by atomic mass is 10.1. The van der Waals surface area contributed by atoms with Crippen LogP contribution in [0.2, 0.25) is 0 Å². The van der Waals surface area contributed by atoms with Crippen LogP contribution < -0.4 is 10.1 Å². The maximum Gasteiger partial charge on any atom is 0.119 e. The maximum absolute atomic E-state index is 5.76. The predicted octanol–water partition coefficient (Wildman–Crippen LogP) is 3.52. The SMILES string of the molecule is CNC(C)Cc1ccc(OCCc2cccs2)cc1. The lowest BCUT2D eigenvalue weighted by Crippen LogP contribution is -2.23. The van der Waals surface area contributed by atoms with Crippen LogP contribution in [0.5, 0.6) is 5.75 Å². The Morgan fingerprint density at radius 1 is 1.21 bits per heavy atom. The number of hydrogen-bond donors (Lipinski definition) is 1. The molecule has 0 aliphatic rings. The molecule has 1 unspecified atom stereocenters. The van der Waals surface area contributed by atoms with Crippen molar-refractivity contribution in [3.63, 3.8) is 0 Å². The van der Waals surface area contributed by atoms with Crippen molar-refractivity contribution < 1.29 is 4.74 Å². The van der Waals surface area contributed by atoms with E-state index in [-0.39, 0.29) is 0 Å². The highest BCUT2D eigenvalue weighted by molar-refractivity contribution is 7.09. The van der Waals surface area contributed by atoms with Crippen molar-refractivity contribution in [2.24, 2.45) is 0 Å². The minimum absolute atomic E-state index is 0.505. The second-order valence-corrected chi connectivity index (χ2v) is 5.75. The van der Waals surface area contributed by atoms with Gasteiger partial charge in [-0.05, 0) is 49.5 Å². The Morgan fingerprint density at radius 3 is 2.63 bits per heavy atom. The van der Waals surface area contributed by atoms with Crippen LogP contribution in [0.25, 0.3) is 0 Å². The van der Waals surface area contributed by atoms with Crippen LogP contribution in [-0.2, 0) is 12.8 Å². The quantitative estimate of drug-likeness (QED) is 0.835. The summed E-state index contributed by atoms with van der Waals surface area (Å²) in [5, 5.41) is 5.35. The number of rotatable bonds is 7. The summed E-state index contributed by atoms with van der Waals surface area (Å²) in [6.45, 7) is 2.93. The van der Waals surface area contributed by atoms with E-state index in [1.807, 2.05) is 7.05 Å². The van der Waals surface area contributed by atoms with Gasteiger partial charge in [0.05, 0.1) is 6.61 Å². The molecule has 0 aliphatic heterocycles. The highest BCUT2D eigenvalue weighted by Crippen LogP contribution is 2.15. The fourth-order valence-corrected chi connectivity index (χ4v) is 2.59. The molecule has 0 fully saturated rings. The Labute approximate surface area is 119 Å². The molecule has 0 saturated heterocycles. The van der Waals surface area contributed by atoms with Gasteiger partial charge in [-0.15, -0.1) is 11.3 Å². The monoisotopic (exact) mass is 275 g/mol. The number of benzene rings is 1. The van der Waals surface area contributed by atoms with Gasteiger partial charge in [0.25, 0.3) is 0 Å². The summed E-state index contributed by atoms with van der Waals surface area (Å²) >= 11 is 1.78. The fourth-order valence-electron chi connectivity index (χ4n) is 1.90. The molecule has 19 heavy (non-hydrogen) atoms. The van der Waals surface area contributed by atoms with Crippen molar-refractivity contribution in [2.45, 2.75) is 25.8 Å². The molecule has 2 nitrogen and oxygen atoms in total. The van der Waals surface area contributed by atoms with E-state index in [0.717, 1.165) is 25.2 Å². The van der Waals surface area contributed by atoms with Gasteiger partial charge in [0, 0.05) is 17.3 Å². The molecule has 0 saturated carbocycles. The second-order valence-electron chi connectivity index (χ2n) is 4.72. The van der Waals surface area contributed by atoms with Gasteiger partial charge in [0.2, 0.25) is 0 Å². The topological polar surface area (TPSA) is 21.3 Å². The second kappa shape index (κ2) is 7.31. The van der Waals surface area contributed by atoms with Crippen molar-refractivity contribution in [3.8, 4) is 5.75 Å². The summed E-state index contributed by atoms with van der Waals surface area (Å²) in [7, 11) is 1.99. The molecule has 0 spiro atoms. The third-order valence-corrected chi connectivity index (χ3v) is 4.09. The maximum atomic E-state index is 5.76. The number of ether oxygens (including phenoxy) is 1. The zero-order valence-electron chi connectivity index (χ0n) is 11.6. The summed E-state index contributed by atoms with van der Waals surface area (Å²) in [5.74, 6) is 0.956. The van der Waals surface area contributed by atoms with E-state index < -0.39 is 0 Å². The van der Waals surface area contributed by atoms with Crippen LogP contribution in [0, 0.1) is 0 Å². The first-order valence-corrected chi connectivity index (χ1v) is 7.57. The Bertz CT molecular complexity index is 464. The van der Waals surface area contributed by atoms with Gasteiger partial charge < -0.3 is 10.1 Å². The third-order valence-electron chi connectivity index (χ3n) is 3.16. The molecular formula is C16H21NOS. The van der Waals surface area contributed by atoms with Gasteiger partial charge >= 0.3 is 0 Å².